The van der Waals surface area contributed by atoms with Gasteiger partial charge in [-0.2, -0.15) is 13.2 Å². The fraction of sp³-hybridized carbons (Fsp3) is 0.0909. The fourth-order valence-electron chi connectivity index (χ4n) is 3.31. The van der Waals surface area contributed by atoms with Crippen molar-refractivity contribution >= 4 is 28.6 Å². The highest BCUT2D eigenvalue weighted by Crippen LogP contribution is 2.30. The van der Waals surface area contributed by atoms with Gasteiger partial charge in [-0.1, -0.05) is 18.2 Å². The molecule has 1 N–H and O–H groups in total. The molecule has 9 heteroatoms. The summed E-state index contributed by atoms with van der Waals surface area (Å²) < 4.78 is 38.8. The van der Waals surface area contributed by atoms with Gasteiger partial charge < -0.3 is 9.88 Å². The number of H-pyrrole nitrogens is 1. The van der Waals surface area contributed by atoms with E-state index in [1.807, 2.05) is 53.6 Å². The van der Waals surface area contributed by atoms with Crippen LogP contribution in [0.3, 0.4) is 0 Å². The highest BCUT2D eigenvalue weighted by Gasteiger charge is 2.32. The molecular formula is C22H15F3N6. The van der Waals surface area contributed by atoms with Gasteiger partial charge in [-0.25, -0.2) is 9.97 Å². The minimum atomic E-state index is -4.51. The smallest absolute Gasteiger partial charge is 0.337 e. The molecule has 5 rings (SSSR count). The second kappa shape index (κ2) is 7.35. The van der Waals surface area contributed by atoms with Gasteiger partial charge in [-0.05, 0) is 36.4 Å². The number of aromatic nitrogens is 4. The van der Waals surface area contributed by atoms with Crippen molar-refractivity contribution in [3.63, 3.8) is 0 Å². The lowest BCUT2D eigenvalue weighted by Crippen LogP contribution is -2.20. The molecule has 1 aliphatic rings. The molecule has 0 amide bonds. The second-order valence-electron chi connectivity index (χ2n) is 6.92. The van der Waals surface area contributed by atoms with Gasteiger partial charge in [0.25, 0.3) is 0 Å². The average molecular weight is 420 g/mol. The van der Waals surface area contributed by atoms with Crippen LogP contribution >= 0.6 is 0 Å². The van der Waals surface area contributed by atoms with Crippen LogP contribution in [0.5, 0.6) is 0 Å². The highest BCUT2D eigenvalue weighted by atomic mass is 19.4. The molecule has 0 atom stereocenters. The number of nitrogens with one attached hydrogen (secondary N) is 1. The maximum atomic E-state index is 12.9. The summed E-state index contributed by atoms with van der Waals surface area (Å²) in [7, 11) is 0. The van der Waals surface area contributed by atoms with Crippen molar-refractivity contribution < 1.29 is 13.2 Å². The summed E-state index contributed by atoms with van der Waals surface area (Å²) in [5.41, 5.74) is 2.79. The molecule has 0 aliphatic carbocycles. The Bertz CT molecular complexity index is 1310. The molecule has 1 aromatic carbocycles. The van der Waals surface area contributed by atoms with Crippen LogP contribution < -0.4 is 4.90 Å². The van der Waals surface area contributed by atoms with Gasteiger partial charge in [-0.15, -0.1) is 0 Å². The maximum Gasteiger partial charge on any atom is 0.433 e. The molecule has 0 fully saturated rings. The molecule has 6 nitrogen and oxygen atoms in total. The summed E-state index contributed by atoms with van der Waals surface area (Å²) in [6, 6.07) is 15.5. The number of hydrogen-bond donors (Lipinski definition) is 1. The van der Waals surface area contributed by atoms with Crippen LogP contribution in [0.2, 0.25) is 0 Å². The van der Waals surface area contributed by atoms with Crippen LogP contribution in [0, 0.1) is 0 Å². The number of anilines is 1. The quantitative estimate of drug-likeness (QED) is 0.510. The Balaban J connectivity index is 1.48. The Morgan fingerprint density at radius 1 is 0.968 bits per heavy atom. The first-order valence-electron chi connectivity index (χ1n) is 9.41. The number of hydrogen-bond acceptors (Lipinski definition) is 5. The van der Waals surface area contributed by atoms with E-state index in [0.717, 1.165) is 28.6 Å². The van der Waals surface area contributed by atoms with Crippen LogP contribution in [0.15, 0.2) is 72.0 Å². The number of aliphatic imine (C=N–C) groups is 1. The van der Waals surface area contributed by atoms with E-state index in [1.165, 1.54) is 6.07 Å². The summed E-state index contributed by atoms with van der Waals surface area (Å²) in [5, 5.41) is 0. The van der Waals surface area contributed by atoms with E-state index in [-0.39, 0.29) is 5.65 Å². The second-order valence-corrected chi connectivity index (χ2v) is 6.92. The average Bonchev–Trinajstić information content (AvgIpc) is 3.23. The molecule has 3 aromatic heterocycles. The molecule has 0 unspecified atom stereocenters. The van der Waals surface area contributed by atoms with E-state index < -0.39 is 11.9 Å². The minimum absolute atomic E-state index is 0.0233. The molecular weight excluding hydrogens is 405 g/mol. The Labute approximate surface area is 174 Å². The van der Waals surface area contributed by atoms with Crippen molar-refractivity contribution in [3.8, 4) is 11.4 Å². The largest absolute Gasteiger partial charge is 0.433 e. The van der Waals surface area contributed by atoms with Crippen LogP contribution in [-0.2, 0) is 6.18 Å². The third-order valence-corrected chi connectivity index (χ3v) is 4.81. The summed E-state index contributed by atoms with van der Waals surface area (Å²) in [5.74, 6) is 0.443. The zero-order valence-electron chi connectivity index (χ0n) is 16.0. The number of allylic oxidation sites excluding steroid dienone is 1. The first-order valence-corrected chi connectivity index (χ1v) is 9.41. The number of alkyl halides is 3. The van der Waals surface area contributed by atoms with E-state index in [0.29, 0.717) is 18.0 Å². The Kier molecular flexibility index (Phi) is 4.50. The molecule has 0 saturated heterocycles. The molecule has 1 aliphatic heterocycles. The first kappa shape index (κ1) is 19.0. The van der Waals surface area contributed by atoms with E-state index >= 15 is 0 Å². The third kappa shape index (κ3) is 3.77. The summed E-state index contributed by atoms with van der Waals surface area (Å²) in [6.45, 7) is 0.441. The van der Waals surface area contributed by atoms with Crippen molar-refractivity contribution in [3.05, 3.63) is 78.4 Å². The monoisotopic (exact) mass is 420 g/mol. The van der Waals surface area contributed by atoms with Crippen molar-refractivity contribution in [2.45, 2.75) is 6.18 Å². The van der Waals surface area contributed by atoms with Crippen LogP contribution in [0.4, 0.5) is 18.9 Å². The first-order chi connectivity index (χ1) is 15.0. The fourth-order valence-corrected chi connectivity index (χ4v) is 3.31. The predicted octanol–water partition coefficient (Wildman–Crippen LogP) is 4.93. The van der Waals surface area contributed by atoms with Crippen molar-refractivity contribution in [2.75, 3.05) is 11.6 Å². The Morgan fingerprint density at radius 3 is 2.68 bits per heavy atom. The van der Waals surface area contributed by atoms with Crippen LogP contribution in [-0.4, -0.2) is 32.8 Å². The number of fused-ring (bicyclic) bond motifs is 1. The predicted molar refractivity (Wildman–Crippen MR) is 112 cm³/mol. The highest BCUT2D eigenvalue weighted by molar-refractivity contribution is 6.10. The van der Waals surface area contributed by atoms with Crippen molar-refractivity contribution in [2.24, 2.45) is 4.99 Å². The summed E-state index contributed by atoms with van der Waals surface area (Å²) >= 11 is 0. The van der Waals surface area contributed by atoms with Crippen LogP contribution in [0.1, 0.15) is 11.4 Å². The molecule has 154 valence electrons. The molecule has 0 spiro atoms. The molecule has 0 bridgehead atoms. The molecule has 4 heterocycles. The third-order valence-electron chi connectivity index (χ3n) is 4.81. The SMILES string of the molecule is FC(F)(F)c1ccc2[nH]c(-c3cccc(N4C=C(c5ccccn5)C=NC4)c3)nc2n1. The van der Waals surface area contributed by atoms with Gasteiger partial charge in [0, 0.05) is 35.4 Å². The molecule has 0 saturated carbocycles. The zero-order valence-corrected chi connectivity index (χ0v) is 16.0. The zero-order chi connectivity index (χ0) is 21.4. The van der Waals surface area contributed by atoms with Gasteiger partial charge in [0.05, 0.1) is 11.2 Å². The number of halogens is 3. The lowest BCUT2D eigenvalue weighted by Gasteiger charge is -2.23. The summed E-state index contributed by atoms with van der Waals surface area (Å²) in [4.78, 5) is 21.7. The van der Waals surface area contributed by atoms with E-state index in [9.17, 15) is 13.2 Å². The molecule has 0 radical (unpaired) electrons. The summed E-state index contributed by atoms with van der Waals surface area (Å²) in [6.07, 6.45) is 0.957. The van der Waals surface area contributed by atoms with Gasteiger partial charge in [0.2, 0.25) is 0 Å². The number of rotatable bonds is 3. The number of pyridine rings is 2. The molecule has 31 heavy (non-hydrogen) atoms. The lowest BCUT2D eigenvalue weighted by molar-refractivity contribution is -0.141. The van der Waals surface area contributed by atoms with Gasteiger partial charge in [0.1, 0.15) is 18.2 Å². The molecule has 4 aromatic rings. The van der Waals surface area contributed by atoms with E-state index in [1.54, 1.807) is 12.4 Å². The Morgan fingerprint density at radius 2 is 1.87 bits per heavy atom. The minimum Gasteiger partial charge on any atom is -0.337 e. The van der Waals surface area contributed by atoms with Crippen molar-refractivity contribution in [1.29, 1.82) is 0 Å². The normalized spacial score (nSPS) is 14.2. The maximum absolute atomic E-state index is 12.9. The number of benzene rings is 1. The van der Waals surface area contributed by atoms with Crippen molar-refractivity contribution in [1.82, 2.24) is 19.9 Å². The van der Waals surface area contributed by atoms with Crippen LogP contribution in [0.25, 0.3) is 28.1 Å². The van der Waals surface area contributed by atoms with Gasteiger partial charge >= 0.3 is 6.18 Å². The van der Waals surface area contributed by atoms with E-state index in [2.05, 4.69) is 24.9 Å². The lowest BCUT2D eigenvalue weighted by atomic mass is 10.1. The van der Waals surface area contributed by atoms with Gasteiger partial charge in [-0.3, -0.25) is 9.98 Å². The number of nitrogens with zero attached hydrogens (tertiary/aromatic N) is 5. The number of imidazole rings is 1. The topological polar surface area (TPSA) is 70.1 Å². The standard InChI is InChI=1S/C22H15F3N6/c23-22(24,25)19-8-7-18-21(29-19)30-20(28-18)14-4-3-5-16(10-14)31-12-15(11-26-13-31)17-6-1-2-9-27-17/h1-12H,13H2,(H,28,29,30). The Hall–Kier alpha value is -4.01. The van der Waals surface area contributed by atoms with E-state index in [4.69, 9.17) is 0 Å². The van der Waals surface area contributed by atoms with Gasteiger partial charge in [0.15, 0.2) is 5.65 Å². The number of aromatic amines is 1.